The number of carbonyl (C=O) groups excluding carboxylic acids is 1. The maximum absolute atomic E-state index is 12.0. The summed E-state index contributed by atoms with van der Waals surface area (Å²) >= 11 is 6.11. The normalized spacial score (nSPS) is 11.0. The van der Waals surface area contributed by atoms with E-state index < -0.39 is 0 Å². The summed E-state index contributed by atoms with van der Waals surface area (Å²) in [4.78, 5) is 18.3. The number of halogens is 1. The predicted molar refractivity (Wildman–Crippen MR) is 82.3 cm³/mol. The van der Waals surface area contributed by atoms with Gasteiger partial charge in [0.15, 0.2) is 0 Å². The molecule has 5 heteroatoms. The Hall–Kier alpha value is -1.65. The van der Waals surface area contributed by atoms with Gasteiger partial charge in [-0.3, -0.25) is 4.79 Å². The van der Waals surface area contributed by atoms with E-state index in [0.29, 0.717) is 17.4 Å². The van der Waals surface area contributed by atoms with E-state index in [1.54, 1.807) is 6.07 Å². The molecule has 20 heavy (non-hydrogen) atoms. The first kappa shape index (κ1) is 14.8. The molecule has 0 radical (unpaired) electrons. The fraction of sp³-hybridized carbons (Fsp3) is 0.333. The number of carbonyl (C=O) groups is 1. The van der Waals surface area contributed by atoms with Crippen molar-refractivity contribution in [1.82, 2.24) is 15.2 Å². The van der Waals surface area contributed by atoms with Gasteiger partial charge in [0.1, 0.15) is 10.8 Å². The molecule has 1 amide bonds. The number of fused-ring (bicyclic) bond motifs is 1. The SMILES string of the molecule is CN(C)CCCNC(=O)c1cc2ccccc2c(Cl)n1. The third-order valence-corrected chi connectivity index (χ3v) is 3.28. The van der Waals surface area contributed by atoms with Gasteiger partial charge in [-0.05, 0) is 38.5 Å². The molecule has 1 aromatic heterocycles. The highest BCUT2D eigenvalue weighted by molar-refractivity contribution is 6.34. The van der Waals surface area contributed by atoms with Crippen molar-refractivity contribution >= 4 is 28.3 Å². The Morgan fingerprint density at radius 1 is 1.35 bits per heavy atom. The van der Waals surface area contributed by atoms with Crippen LogP contribution in [0.1, 0.15) is 16.9 Å². The molecule has 0 atom stereocenters. The zero-order chi connectivity index (χ0) is 14.5. The van der Waals surface area contributed by atoms with Crippen LogP contribution >= 0.6 is 11.6 Å². The van der Waals surface area contributed by atoms with Crippen molar-refractivity contribution < 1.29 is 4.79 Å². The van der Waals surface area contributed by atoms with Crippen LogP contribution in [0.2, 0.25) is 5.15 Å². The molecule has 0 spiro atoms. The van der Waals surface area contributed by atoms with Crippen molar-refractivity contribution in [3.63, 3.8) is 0 Å². The van der Waals surface area contributed by atoms with Gasteiger partial charge in [0.25, 0.3) is 5.91 Å². The molecular formula is C15H18ClN3O. The molecule has 0 aliphatic heterocycles. The minimum absolute atomic E-state index is 0.184. The van der Waals surface area contributed by atoms with Gasteiger partial charge in [-0.1, -0.05) is 35.9 Å². The number of nitrogens with zero attached hydrogens (tertiary/aromatic N) is 2. The van der Waals surface area contributed by atoms with Crippen molar-refractivity contribution in [2.75, 3.05) is 27.2 Å². The van der Waals surface area contributed by atoms with Gasteiger partial charge >= 0.3 is 0 Å². The molecular weight excluding hydrogens is 274 g/mol. The van der Waals surface area contributed by atoms with Crippen LogP contribution < -0.4 is 5.32 Å². The second-order valence-corrected chi connectivity index (χ2v) is 5.29. The van der Waals surface area contributed by atoms with E-state index in [1.807, 2.05) is 38.4 Å². The minimum atomic E-state index is -0.184. The second-order valence-electron chi connectivity index (χ2n) is 4.93. The Bertz CT molecular complexity index is 613. The fourth-order valence-electron chi connectivity index (χ4n) is 1.96. The lowest BCUT2D eigenvalue weighted by Crippen LogP contribution is -2.27. The van der Waals surface area contributed by atoms with Gasteiger partial charge < -0.3 is 10.2 Å². The lowest BCUT2D eigenvalue weighted by atomic mass is 10.1. The molecule has 1 heterocycles. The van der Waals surface area contributed by atoms with Gasteiger partial charge in [-0.15, -0.1) is 0 Å². The molecule has 0 fully saturated rings. The summed E-state index contributed by atoms with van der Waals surface area (Å²) in [5.41, 5.74) is 0.360. The number of benzene rings is 1. The summed E-state index contributed by atoms with van der Waals surface area (Å²) in [5.74, 6) is -0.184. The number of hydrogen-bond acceptors (Lipinski definition) is 3. The summed E-state index contributed by atoms with van der Waals surface area (Å²) in [6.07, 6.45) is 0.903. The lowest BCUT2D eigenvalue weighted by molar-refractivity contribution is 0.0947. The summed E-state index contributed by atoms with van der Waals surface area (Å²) in [5, 5.41) is 5.00. The first-order chi connectivity index (χ1) is 9.58. The van der Waals surface area contributed by atoms with Gasteiger partial charge in [0, 0.05) is 11.9 Å². The molecule has 0 saturated carbocycles. The van der Waals surface area contributed by atoms with Crippen LogP contribution in [0.15, 0.2) is 30.3 Å². The standard InChI is InChI=1S/C15H18ClN3O/c1-19(2)9-5-8-17-15(20)13-10-11-6-3-4-7-12(11)14(16)18-13/h3-4,6-7,10H,5,8-9H2,1-2H3,(H,17,20). The van der Waals surface area contributed by atoms with Crippen molar-refractivity contribution in [2.24, 2.45) is 0 Å². The predicted octanol–water partition coefficient (Wildman–Crippen LogP) is 2.57. The van der Waals surface area contributed by atoms with Crippen LogP contribution in [0.5, 0.6) is 0 Å². The van der Waals surface area contributed by atoms with E-state index in [4.69, 9.17) is 11.6 Å². The zero-order valence-electron chi connectivity index (χ0n) is 11.7. The fourth-order valence-corrected chi connectivity index (χ4v) is 2.22. The van der Waals surface area contributed by atoms with Gasteiger partial charge in [0.05, 0.1) is 0 Å². The Morgan fingerprint density at radius 3 is 2.85 bits per heavy atom. The molecule has 1 N–H and O–H groups in total. The summed E-state index contributed by atoms with van der Waals surface area (Å²) in [6.45, 7) is 1.56. The second kappa shape index (κ2) is 6.68. The van der Waals surface area contributed by atoms with Crippen LogP contribution in [0.4, 0.5) is 0 Å². The van der Waals surface area contributed by atoms with E-state index in [-0.39, 0.29) is 5.91 Å². The lowest BCUT2D eigenvalue weighted by Gasteiger charge is -2.10. The van der Waals surface area contributed by atoms with E-state index in [9.17, 15) is 4.79 Å². The van der Waals surface area contributed by atoms with E-state index in [1.165, 1.54) is 0 Å². The quantitative estimate of drug-likeness (QED) is 0.680. The van der Waals surface area contributed by atoms with Gasteiger partial charge in [-0.25, -0.2) is 4.98 Å². The Kier molecular flexibility index (Phi) is 4.93. The van der Waals surface area contributed by atoms with Crippen molar-refractivity contribution in [2.45, 2.75) is 6.42 Å². The van der Waals surface area contributed by atoms with Crippen LogP contribution in [-0.4, -0.2) is 43.0 Å². The number of rotatable bonds is 5. The largest absolute Gasteiger partial charge is 0.351 e. The molecule has 106 valence electrons. The smallest absolute Gasteiger partial charge is 0.269 e. The maximum Gasteiger partial charge on any atom is 0.269 e. The average Bonchev–Trinajstić information content (AvgIpc) is 2.43. The number of aromatic nitrogens is 1. The van der Waals surface area contributed by atoms with Crippen LogP contribution in [0, 0.1) is 0 Å². The van der Waals surface area contributed by atoms with E-state index in [2.05, 4.69) is 15.2 Å². The topological polar surface area (TPSA) is 45.2 Å². The Balaban J connectivity index is 2.07. The highest BCUT2D eigenvalue weighted by Crippen LogP contribution is 2.22. The number of pyridine rings is 1. The number of nitrogens with one attached hydrogen (secondary N) is 1. The van der Waals surface area contributed by atoms with Gasteiger partial charge in [-0.2, -0.15) is 0 Å². The third kappa shape index (κ3) is 3.68. The van der Waals surface area contributed by atoms with Crippen molar-refractivity contribution in [3.8, 4) is 0 Å². The molecule has 0 bridgehead atoms. The molecule has 4 nitrogen and oxygen atoms in total. The molecule has 0 aliphatic carbocycles. The maximum atomic E-state index is 12.0. The van der Waals surface area contributed by atoms with Gasteiger partial charge in [0.2, 0.25) is 0 Å². The number of hydrogen-bond donors (Lipinski definition) is 1. The Labute approximate surface area is 123 Å². The first-order valence-electron chi connectivity index (χ1n) is 6.56. The molecule has 0 saturated heterocycles. The number of amides is 1. The van der Waals surface area contributed by atoms with Crippen molar-refractivity contribution in [1.29, 1.82) is 0 Å². The molecule has 1 aromatic carbocycles. The Morgan fingerprint density at radius 2 is 2.10 bits per heavy atom. The van der Waals surface area contributed by atoms with E-state index in [0.717, 1.165) is 23.7 Å². The molecule has 0 unspecified atom stereocenters. The third-order valence-electron chi connectivity index (χ3n) is 2.99. The monoisotopic (exact) mass is 291 g/mol. The summed E-state index contributed by atoms with van der Waals surface area (Å²) in [7, 11) is 4.01. The highest BCUT2D eigenvalue weighted by atomic mass is 35.5. The highest BCUT2D eigenvalue weighted by Gasteiger charge is 2.10. The first-order valence-corrected chi connectivity index (χ1v) is 6.94. The minimum Gasteiger partial charge on any atom is -0.351 e. The van der Waals surface area contributed by atoms with Crippen LogP contribution in [0.3, 0.4) is 0 Å². The summed E-state index contributed by atoms with van der Waals surface area (Å²) < 4.78 is 0. The summed E-state index contributed by atoms with van der Waals surface area (Å²) in [6, 6.07) is 9.39. The zero-order valence-corrected chi connectivity index (χ0v) is 12.4. The molecule has 2 rings (SSSR count). The van der Waals surface area contributed by atoms with Crippen LogP contribution in [0.25, 0.3) is 10.8 Å². The molecule has 0 aliphatic rings. The van der Waals surface area contributed by atoms with Crippen LogP contribution in [-0.2, 0) is 0 Å². The molecule has 2 aromatic rings. The van der Waals surface area contributed by atoms with E-state index >= 15 is 0 Å². The van der Waals surface area contributed by atoms with Crippen molar-refractivity contribution in [3.05, 3.63) is 41.2 Å². The average molecular weight is 292 g/mol.